The molecule has 1 aromatic carbocycles. The predicted molar refractivity (Wildman–Crippen MR) is 121 cm³/mol. The van der Waals surface area contributed by atoms with E-state index in [1.54, 1.807) is 24.3 Å². The highest BCUT2D eigenvalue weighted by Crippen LogP contribution is 2.36. The van der Waals surface area contributed by atoms with E-state index in [4.69, 9.17) is 0 Å². The molecule has 156 valence electrons. The second-order valence-corrected chi connectivity index (χ2v) is 9.19. The average molecular weight is 441 g/mol. The molecule has 2 heterocycles. The quantitative estimate of drug-likeness (QED) is 0.420. The van der Waals surface area contributed by atoms with Crippen LogP contribution in [0, 0.1) is 0 Å². The van der Waals surface area contributed by atoms with Crippen LogP contribution in [0.1, 0.15) is 47.5 Å². The van der Waals surface area contributed by atoms with E-state index in [-0.39, 0.29) is 17.4 Å². The fraction of sp³-hybridized carbons (Fsp3) is 0.364. The van der Waals surface area contributed by atoms with Crippen molar-refractivity contribution < 1.29 is 9.59 Å². The van der Waals surface area contributed by atoms with Crippen LogP contribution in [-0.2, 0) is 24.2 Å². The van der Waals surface area contributed by atoms with E-state index in [0.29, 0.717) is 11.3 Å². The van der Waals surface area contributed by atoms with Crippen LogP contribution in [0.4, 0.5) is 5.69 Å². The van der Waals surface area contributed by atoms with E-state index in [0.717, 1.165) is 30.4 Å². The lowest BCUT2D eigenvalue weighted by Crippen LogP contribution is -2.15. The zero-order valence-corrected chi connectivity index (χ0v) is 18.7. The number of fused-ring (bicyclic) bond motifs is 1. The second-order valence-electron chi connectivity index (χ2n) is 7.28. The Morgan fingerprint density at radius 1 is 1.23 bits per heavy atom. The molecule has 0 spiro atoms. The van der Waals surface area contributed by atoms with Crippen molar-refractivity contribution >= 4 is 40.5 Å². The Labute approximate surface area is 184 Å². The van der Waals surface area contributed by atoms with Crippen molar-refractivity contribution in [3.05, 3.63) is 45.6 Å². The van der Waals surface area contributed by atoms with Crippen molar-refractivity contribution in [1.29, 1.82) is 0 Å². The summed E-state index contributed by atoms with van der Waals surface area (Å²) in [6.45, 7) is 4.33. The molecule has 0 saturated heterocycles. The highest BCUT2D eigenvalue weighted by molar-refractivity contribution is 7.99. The molecule has 1 N–H and O–H groups in total. The van der Waals surface area contributed by atoms with Crippen LogP contribution in [0.2, 0.25) is 0 Å². The molecule has 0 atom stereocenters. The summed E-state index contributed by atoms with van der Waals surface area (Å²) in [7, 11) is 0. The summed E-state index contributed by atoms with van der Waals surface area (Å²) in [6, 6.07) is 6.97. The molecule has 0 unspecified atom stereocenters. The van der Waals surface area contributed by atoms with Crippen molar-refractivity contribution in [3.63, 3.8) is 0 Å². The number of carbonyl (C=O) groups excluding carboxylic acids is 2. The largest absolute Gasteiger partial charge is 0.325 e. The van der Waals surface area contributed by atoms with Gasteiger partial charge in [-0.25, -0.2) is 0 Å². The summed E-state index contributed by atoms with van der Waals surface area (Å²) in [5.74, 6) is 0.957. The number of anilines is 1. The fourth-order valence-electron chi connectivity index (χ4n) is 3.70. The monoisotopic (exact) mass is 440 g/mol. The minimum Gasteiger partial charge on any atom is -0.325 e. The minimum atomic E-state index is -0.138. The zero-order valence-electron chi connectivity index (χ0n) is 17.1. The van der Waals surface area contributed by atoms with Crippen LogP contribution < -0.4 is 5.32 Å². The predicted octanol–water partition coefficient (Wildman–Crippen LogP) is 4.84. The Morgan fingerprint density at radius 2 is 2.07 bits per heavy atom. The Bertz CT molecular complexity index is 1090. The Balaban J connectivity index is 1.45. The van der Waals surface area contributed by atoms with Crippen LogP contribution in [0.3, 0.4) is 0 Å². The summed E-state index contributed by atoms with van der Waals surface area (Å²) in [6.07, 6.45) is 4.75. The first-order chi connectivity index (χ1) is 14.6. The third-order valence-corrected chi connectivity index (χ3v) is 7.28. The summed E-state index contributed by atoms with van der Waals surface area (Å²) >= 11 is 3.20. The number of aryl methyl sites for hydroxylation is 1. The maximum absolute atomic E-state index is 12.4. The number of carbonyl (C=O) groups is 2. The highest BCUT2D eigenvalue weighted by atomic mass is 32.2. The first-order valence-electron chi connectivity index (χ1n) is 10.1. The first kappa shape index (κ1) is 20.8. The van der Waals surface area contributed by atoms with Gasteiger partial charge in [-0.3, -0.25) is 9.59 Å². The van der Waals surface area contributed by atoms with E-state index in [9.17, 15) is 9.59 Å². The minimum absolute atomic E-state index is 0.0281. The van der Waals surface area contributed by atoms with Crippen molar-refractivity contribution in [2.24, 2.45) is 0 Å². The Hall–Kier alpha value is -2.45. The van der Waals surface area contributed by atoms with Crippen molar-refractivity contribution in [1.82, 2.24) is 14.8 Å². The van der Waals surface area contributed by atoms with Crippen LogP contribution in [0.15, 0.2) is 34.8 Å². The first-order valence-corrected chi connectivity index (χ1v) is 12.0. The zero-order chi connectivity index (χ0) is 21.1. The highest BCUT2D eigenvalue weighted by Gasteiger charge is 2.22. The van der Waals surface area contributed by atoms with E-state index in [2.05, 4.69) is 32.4 Å². The molecule has 30 heavy (non-hydrogen) atoms. The second kappa shape index (κ2) is 9.14. The van der Waals surface area contributed by atoms with Gasteiger partial charge in [0, 0.05) is 33.6 Å². The van der Waals surface area contributed by atoms with E-state index < -0.39 is 0 Å². The lowest BCUT2D eigenvalue weighted by atomic mass is 9.96. The molecular weight excluding hydrogens is 416 g/mol. The van der Waals surface area contributed by atoms with Crippen molar-refractivity contribution in [2.75, 3.05) is 11.1 Å². The molecule has 1 aliphatic carbocycles. The molecule has 0 saturated carbocycles. The molecule has 0 fully saturated rings. The molecule has 4 rings (SSSR count). The van der Waals surface area contributed by atoms with Gasteiger partial charge in [0.05, 0.1) is 5.75 Å². The normalized spacial score (nSPS) is 13.1. The third-order valence-electron chi connectivity index (χ3n) is 5.22. The smallest absolute Gasteiger partial charge is 0.234 e. The number of aromatic nitrogens is 3. The Kier molecular flexibility index (Phi) is 6.34. The number of thioether (sulfide) groups is 1. The number of hydrogen-bond donors (Lipinski definition) is 1. The number of hydrogen-bond acceptors (Lipinski definition) is 6. The lowest BCUT2D eigenvalue weighted by molar-refractivity contribution is -0.113. The van der Waals surface area contributed by atoms with Gasteiger partial charge in [0.2, 0.25) is 5.91 Å². The molecule has 2 aromatic heterocycles. The molecular formula is C22H24N4O2S2. The lowest BCUT2D eigenvalue weighted by Gasteiger charge is -2.13. The molecule has 6 nitrogen and oxygen atoms in total. The average Bonchev–Trinajstić information content (AvgIpc) is 3.35. The summed E-state index contributed by atoms with van der Waals surface area (Å²) < 4.78 is 2.09. The van der Waals surface area contributed by atoms with Crippen molar-refractivity contribution in [3.8, 4) is 11.4 Å². The molecule has 1 amide bonds. The van der Waals surface area contributed by atoms with Gasteiger partial charge in [0.25, 0.3) is 0 Å². The van der Waals surface area contributed by atoms with E-state index in [1.165, 1.54) is 47.5 Å². The van der Waals surface area contributed by atoms with E-state index in [1.807, 2.05) is 11.3 Å². The van der Waals surface area contributed by atoms with Crippen LogP contribution in [0.25, 0.3) is 11.4 Å². The van der Waals surface area contributed by atoms with Gasteiger partial charge >= 0.3 is 0 Å². The van der Waals surface area contributed by atoms with Gasteiger partial charge in [-0.05, 0) is 57.2 Å². The SMILES string of the molecule is CCn1c(SCC(=O)Nc2cccc(C(C)=O)c2)nnc1-c1csc2c1CCCC2. The van der Waals surface area contributed by atoms with E-state index >= 15 is 0 Å². The van der Waals surface area contributed by atoms with Gasteiger partial charge in [-0.2, -0.15) is 0 Å². The molecule has 1 aliphatic rings. The summed E-state index contributed by atoms with van der Waals surface area (Å²) in [5, 5.41) is 14.6. The molecule has 0 bridgehead atoms. The number of benzene rings is 1. The van der Waals surface area contributed by atoms with Crippen LogP contribution in [0.5, 0.6) is 0 Å². The maximum atomic E-state index is 12.4. The van der Waals surface area contributed by atoms with Gasteiger partial charge in [-0.1, -0.05) is 23.9 Å². The number of ketones is 1. The van der Waals surface area contributed by atoms with Crippen molar-refractivity contribution in [2.45, 2.75) is 51.2 Å². The van der Waals surface area contributed by atoms with Crippen LogP contribution in [-0.4, -0.2) is 32.2 Å². The number of Topliss-reactive ketones (excluding diaryl/α,β-unsaturated/α-hetero) is 1. The third kappa shape index (κ3) is 4.34. The summed E-state index contributed by atoms with van der Waals surface area (Å²) in [4.78, 5) is 25.4. The van der Waals surface area contributed by atoms with Gasteiger partial charge in [0.1, 0.15) is 0 Å². The van der Waals surface area contributed by atoms with Gasteiger partial charge in [-0.15, -0.1) is 21.5 Å². The van der Waals surface area contributed by atoms with Crippen LogP contribution >= 0.6 is 23.1 Å². The number of thiophene rings is 1. The molecule has 0 aliphatic heterocycles. The van der Waals surface area contributed by atoms with Gasteiger partial charge < -0.3 is 9.88 Å². The standard InChI is InChI=1S/C22H24N4O2S2/c1-3-26-21(18-12-29-19-10-5-4-9-17(18)19)24-25-22(26)30-13-20(28)23-16-8-6-7-15(11-16)14(2)27/h6-8,11-12H,3-5,9-10,13H2,1-2H3,(H,23,28). The maximum Gasteiger partial charge on any atom is 0.234 e. The number of rotatable bonds is 7. The Morgan fingerprint density at radius 3 is 2.87 bits per heavy atom. The molecule has 0 radical (unpaired) electrons. The number of amides is 1. The van der Waals surface area contributed by atoms with Gasteiger partial charge in [0.15, 0.2) is 16.8 Å². The summed E-state index contributed by atoms with van der Waals surface area (Å²) in [5.41, 5.74) is 3.82. The number of nitrogens with one attached hydrogen (secondary N) is 1. The topological polar surface area (TPSA) is 76.9 Å². The molecule has 3 aromatic rings. The number of nitrogens with zero attached hydrogens (tertiary/aromatic N) is 3. The fourth-order valence-corrected chi connectivity index (χ4v) is 5.63. The molecule has 8 heteroatoms.